The fourth-order valence-electron chi connectivity index (χ4n) is 8.56. The molecule has 11 aromatic carbocycles. The van der Waals surface area contributed by atoms with E-state index in [0.717, 1.165) is 0 Å². The summed E-state index contributed by atoms with van der Waals surface area (Å²) < 4.78 is 0. The van der Waals surface area contributed by atoms with Crippen molar-refractivity contribution in [1.82, 2.24) is 0 Å². The van der Waals surface area contributed by atoms with Gasteiger partial charge in [0.25, 0.3) is 0 Å². The van der Waals surface area contributed by atoms with Crippen LogP contribution in [0.5, 0.6) is 0 Å². The van der Waals surface area contributed by atoms with Crippen LogP contribution in [-0.2, 0) is 0 Å². The predicted octanol–water partition coefficient (Wildman–Crippen LogP) is 27.9. The summed E-state index contributed by atoms with van der Waals surface area (Å²) >= 11 is 0. The molecule has 0 spiro atoms. The molecule has 0 bridgehead atoms. The zero-order valence-electron chi connectivity index (χ0n) is 59.8. The molecule has 0 unspecified atom stereocenters. The first kappa shape index (κ1) is 82.7. The highest BCUT2D eigenvalue weighted by atomic mass is 14.1. The van der Waals surface area contributed by atoms with Crippen molar-refractivity contribution in [3.05, 3.63) is 296 Å². The molecule has 0 heterocycles. The molecule has 86 heavy (non-hydrogen) atoms. The minimum absolute atomic E-state index is 1.33. The van der Waals surface area contributed by atoms with Gasteiger partial charge in [-0.1, -0.05) is 343 Å². The third-order valence-corrected chi connectivity index (χ3v) is 13.2. The summed E-state index contributed by atoms with van der Waals surface area (Å²) in [4.78, 5) is 0. The summed E-state index contributed by atoms with van der Waals surface area (Å²) in [6, 6.07) is 76.9. The second-order valence-corrected chi connectivity index (χ2v) is 19.4. The van der Waals surface area contributed by atoms with E-state index in [0.29, 0.717) is 0 Å². The Morgan fingerprint density at radius 2 is 0.442 bits per heavy atom. The zero-order chi connectivity index (χ0) is 66.2. The lowest BCUT2D eigenvalue weighted by molar-refractivity contribution is 1.34. The van der Waals surface area contributed by atoms with Gasteiger partial charge in [-0.2, -0.15) is 0 Å². The van der Waals surface area contributed by atoms with Crippen molar-refractivity contribution in [2.75, 3.05) is 0 Å². The van der Waals surface area contributed by atoms with Crippen LogP contribution in [0.15, 0.2) is 218 Å². The van der Waals surface area contributed by atoms with E-state index in [9.17, 15) is 0 Å². The maximum atomic E-state index is 2.22. The number of hydrogen-bond donors (Lipinski definition) is 0. The average Bonchev–Trinajstić information content (AvgIpc) is 3.67. The van der Waals surface area contributed by atoms with E-state index < -0.39 is 0 Å². The Kier molecular flexibility index (Phi) is 48.8. The quantitative estimate of drug-likeness (QED) is 0.142. The molecule has 0 aliphatic carbocycles. The third kappa shape index (κ3) is 31.0. The van der Waals surface area contributed by atoms with Gasteiger partial charge in [-0.15, -0.1) is 0 Å². The van der Waals surface area contributed by atoms with E-state index in [-0.39, 0.29) is 0 Å². The fraction of sp³-hybridized carbons (Fsp3) is 0.326. The van der Waals surface area contributed by atoms with E-state index in [1.165, 1.54) is 121 Å². The molecule has 0 aromatic heterocycles. The highest BCUT2D eigenvalue weighted by Gasteiger charge is 2.00. The van der Waals surface area contributed by atoms with Crippen LogP contribution in [0, 0.1) is 96.9 Å². The van der Waals surface area contributed by atoms with Crippen LogP contribution in [-0.4, -0.2) is 0 Å². The molecule has 0 aliphatic heterocycles. The van der Waals surface area contributed by atoms with Crippen molar-refractivity contribution in [1.29, 1.82) is 0 Å². The van der Waals surface area contributed by atoms with Crippen molar-refractivity contribution in [3.8, 4) is 0 Å². The maximum Gasteiger partial charge on any atom is -0.0152 e. The minimum atomic E-state index is 1.33. The molecule has 0 fully saturated rings. The van der Waals surface area contributed by atoms with Crippen molar-refractivity contribution in [2.45, 2.75) is 194 Å². The van der Waals surface area contributed by atoms with Gasteiger partial charge >= 0.3 is 0 Å². The van der Waals surface area contributed by atoms with Crippen molar-refractivity contribution in [3.63, 3.8) is 0 Å². The standard InChI is InChI=1S/4C12H12.3C8H10.7C2H6/c1-9-5-3-8-12-10(2)6-4-7-11(9)12;1-9-7-10(2)12-6-4-3-5-11(12)8-9;1-9-7-8-11-5-3-4-6-12(11)10(9)2;1-9-7-8-10(2)12-6-4-3-5-11(9)12;1-7-3-5-8(2)6-4-7;1-7-4-3-5-8(2)6-7;1-7-5-3-4-6-8(7)2;7*1-2/h4*3-8H,1-2H3;3*3-6H,1-2H3;7*1-2H3. The summed E-state index contributed by atoms with van der Waals surface area (Å²) in [5.41, 5.74) is 19.0. The fourth-order valence-corrected chi connectivity index (χ4v) is 8.56. The smallest absolute Gasteiger partial charge is 0.0152 e. The lowest BCUT2D eigenvalue weighted by Crippen LogP contribution is -1.82. The van der Waals surface area contributed by atoms with E-state index >= 15 is 0 Å². The van der Waals surface area contributed by atoms with Gasteiger partial charge in [-0.25, -0.2) is 0 Å². The van der Waals surface area contributed by atoms with Crippen LogP contribution in [0.3, 0.4) is 0 Å². The van der Waals surface area contributed by atoms with E-state index in [4.69, 9.17) is 0 Å². The van der Waals surface area contributed by atoms with E-state index in [1.54, 1.807) is 0 Å². The van der Waals surface area contributed by atoms with Gasteiger partial charge in [0.15, 0.2) is 0 Å². The first-order valence-electron chi connectivity index (χ1n) is 32.4. The first-order chi connectivity index (χ1) is 41.5. The summed E-state index contributed by atoms with van der Waals surface area (Å²) in [6.07, 6.45) is 0. The molecular formula is C86H120. The second kappa shape index (κ2) is 50.8. The molecule has 11 rings (SSSR count). The molecule has 0 atom stereocenters. The van der Waals surface area contributed by atoms with Gasteiger partial charge in [0.05, 0.1) is 0 Å². The van der Waals surface area contributed by atoms with Gasteiger partial charge in [0.1, 0.15) is 0 Å². The van der Waals surface area contributed by atoms with Gasteiger partial charge in [0, 0.05) is 0 Å². The van der Waals surface area contributed by atoms with E-state index in [1.807, 2.05) is 96.9 Å². The Morgan fingerprint density at radius 3 is 0.814 bits per heavy atom. The third-order valence-electron chi connectivity index (χ3n) is 13.2. The Bertz CT molecular complexity index is 3250. The number of benzene rings is 11. The molecule has 0 nitrogen and oxygen atoms in total. The average molecular weight is 1150 g/mol. The molecule has 0 heteroatoms. The summed E-state index contributed by atoms with van der Waals surface area (Å²) in [5.74, 6) is 0. The van der Waals surface area contributed by atoms with Crippen molar-refractivity contribution >= 4 is 43.1 Å². The number of hydrogen-bond acceptors (Lipinski definition) is 0. The van der Waals surface area contributed by atoms with Crippen LogP contribution in [0.2, 0.25) is 0 Å². The monoisotopic (exact) mass is 1150 g/mol. The van der Waals surface area contributed by atoms with E-state index in [2.05, 4.69) is 315 Å². The molecule has 0 saturated carbocycles. The highest BCUT2D eigenvalue weighted by Crippen LogP contribution is 2.24. The number of rotatable bonds is 0. The first-order valence-corrected chi connectivity index (χ1v) is 32.4. The van der Waals surface area contributed by atoms with Crippen molar-refractivity contribution < 1.29 is 0 Å². The summed E-state index contributed by atoms with van der Waals surface area (Å²) in [6.45, 7) is 57.9. The Balaban J connectivity index is -0.000000908. The molecule has 0 saturated heterocycles. The van der Waals surface area contributed by atoms with Crippen LogP contribution in [0.1, 0.15) is 175 Å². The number of fused-ring (bicyclic) bond motifs is 4. The second-order valence-electron chi connectivity index (χ2n) is 19.4. The van der Waals surface area contributed by atoms with Gasteiger partial charge in [-0.3, -0.25) is 0 Å². The normalized spacial score (nSPS) is 8.93. The van der Waals surface area contributed by atoms with Gasteiger partial charge < -0.3 is 0 Å². The Morgan fingerprint density at radius 1 is 0.151 bits per heavy atom. The molecule has 464 valence electrons. The zero-order valence-corrected chi connectivity index (χ0v) is 59.8. The molecule has 0 aliphatic rings. The largest absolute Gasteiger partial charge is 0.0683 e. The topological polar surface area (TPSA) is 0 Å². The number of aryl methyl sites for hydroxylation is 14. The van der Waals surface area contributed by atoms with Crippen LogP contribution in [0.4, 0.5) is 0 Å². The van der Waals surface area contributed by atoms with Gasteiger partial charge in [0.2, 0.25) is 0 Å². The highest BCUT2D eigenvalue weighted by molar-refractivity contribution is 5.89. The maximum absolute atomic E-state index is 2.22. The lowest BCUT2D eigenvalue weighted by atomic mass is 10.0. The Labute approximate surface area is 530 Å². The molecule has 0 amide bonds. The summed E-state index contributed by atoms with van der Waals surface area (Å²) in [7, 11) is 0. The molecule has 0 radical (unpaired) electrons. The van der Waals surface area contributed by atoms with Crippen LogP contribution < -0.4 is 0 Å². The minimum Gasteiger partial charge on any atom is -0.0683 e. The predicted molar refractivity (Wildman–Crippen MR) is 401 cm³/mol. The van der Waals surface area contributed by atoms with Crippen LogP contribution in [0.25, 0.3) is 43.1 Å². The van der Waals surface area contributed by atoms with Gasteiger partial charge in [-0.05, 0) is 190 Å². The van der Waals surface area contributed by atoms with Crippen LogP contribution >= 0.6 is 0 Å². The summed E-state index contributed by atoms with van der Waals surface area (Å²) in [5, 5.41) is 10.9. The molecule has 0 N–H and O–H groups in total. The van der Waals surface area contributed by atoms with Crippen molar-refractivity contribution in [2.24, 2.45) is 0 Å². The SMILES string of the molecule is CC.CC.CC.CC.CC.CC.CC.Cc1cc(C)c2ccccc2c1.Cc1ccc(C)c2ccccc12.Cc1ccc(C)cc1.Cc1ccc2ccccc2c1C.Cc1cccc(C)c1.Cc1cccc2c(C)cccc12.Cc1ccccc1C. The molecule has 11 aromatic rings. The molecular weight excluding hydrogens is 1030 g/mol. The Hall–Kier alpha value is -7.54. The lowest BCUT2D eigenvalue weighted by Gasteiger charge is -2.04.